The summed E-state index contributed by atoms with van der Waals surface area (Å²) < 4.78 is 22.4. The minimum absolute atomic E-state index is 0.0912. The fourth-order valence-electron chi connectivity index (χ4n) is 4.12. The maximum atomic E-state index is 14.8. The molecule has 33 heavy (non-hydrogen) atoms. The Morgan fingerprint density at radius 1 is 1.21 bits per heavy atom. The number of ether oxygens (including phenoxy) is 1. The van der Waals surface area contributed by atoms with E-state index in [4.69, 9.17) is 16.3 Å². The van der Waals surface area contributed by atoms with Crippen molar-refractivity contribution in [3.05, 3.63) is 74.3 Å². The number of hydrogen-bond donors (Lipinski definition) is 2. The van der Waals surface area contributed by atoms with Crippen LogP contribution in [0.25, 0.3) is 10.9 Å². The van der Waals surface area contributed by atoms with E-state index in [9.17, 15) is 24.2 Å². The summed E-state index contributed by atoms with van der Waals surface area (Å²) in [5.74, 6) is -1.72. The molecule has 2 N–H and O–H groups in total. The summed E-state index contributed by atoms with van der Waals surface area (Å²) in [4.78, 5) is 25.6. The lowest BCUT2D eigenvalue weighted by molar-refractivity contribution is 0.0692. The van der Waals surface area contributed by atoms with Gasteiger partial charge in [0.15, 0.2) is 0 Å². The Balaban J connectivity index is 2.50. The van der Waals surface area contributed by atoms with Crippen LogP contribution in [0.5, 0.6) is 5.75 Å². The maximum Gasteiger partial charge on any atom is 0.341 e. The third-order valence-corrected chi connectivity index (χ3v) is 5.75. The lowest BCUT2D eigenvalue weighted by Crippen LogP contribution is -2.28. The number of benzene rings is 2. The number of carboxylic acid groups (broad SMARTS) is 1. The van der Waals surface area contributed by atoms with Crippen LogP contribution < -0.4 is 10.2 Å². The fraction of sp³-hybridized carbons (Fsp3) is 0.360. The summed E-state index contributed by atoms with van der Waals surface area (Å²) in [6, 6.07) is 8.77. The van der Waals surface area contributed by atoms with Gasteiger partial charge in [0.2, 0.25) is 5.43 Å². The summed E-state index contributed by atoms with van der Waals surface area (Å²) in [6.45, 7) is 5.31. The van der Waals surface area contributed by atoms with E-state index in [2.05, 4.69) is 0 Å². The monoisotopic (exact) mass is 475 g/mol. The number of aliphatic hydroxyl groups is 1. The summed E-state index contributed by atoms with van der Waals surface area (Å²) in [5.41, 5.74) is -0.528. The van der Waals surface area contributed by atoms with Crippen molar-refractivity contribution in [2.24, 2.45) is 0 Å². The minimum atomic E-state index is -1.42. The highest BCUT2D eigenvalue weighted by atomic mass is 35.5. The normalized spacial score (nSPS) is 12.3. The third kappa shape index (κ3) is 4.89. The van der Waals surface area contributed by atoms with Gasteiger partial charge in [-0.05, 0) is 44.0 Å². The topological polar surface area (TPSA) is 88.8 Å². The van der Waals surface area contributed by atoms with Gasteiger partial charge < -0.3 is 19.5 Å². The number of para-hydroxylation sites is 1. The highest BCUT2D eigenvalue weighted by Gasteiger charge is 2.28. The Bertz CT molecular complexity index is 1240. The molecule has 8 heteroatoms. The molecule has 0 radical (unpaired) electrons. The van der Waals surface area contributed by atoms with Gasteiger partial charge in [-0.15, -0.1) is 0 Å². The molecule has 1 unspecified atom stereocenters. The molecule has 3 aromatic rings. The predicted molar refractivity (Wildman–Crippen MR) is 126 cm³/mol. The van der Waals surface area contributed by atoms with Crippen molar-refractivity contribution in [1.29, 1.82) is 0 Å². The van der Waals surface area contributed by atoms with Gasteiger partial charge in [0, 0.05) is 12.1 Å². The van der Waals surface area contributed by atoms with Crippen LogP contribution in [0.4, 0.5) is 4.39 Å². The molecule has 0 aliphatic carbocycles. The number of nitrogens with zero attached hydrogens (tertiary/aromatic N) is 1. The first kappa shape index (κ1) is 24.7. The average molecular weight is 476 g/mol. The van der Waals surface area contributed by atoms with Crippen LogP contribution in [-0.4, -0.2) is 33.5 Å². The number of aliphatic hydroxyl groups excluding tert-OH is 1. The lowest BCUT2D eigenvalue weighted by atomic mass is 9.98. The Morgan fingerprint density at radius 3 is 2.52 bits per heavy atom. The molecule has 0 amide bonds. The van der Waals surface area contributed by atoms with Crippen LogP contribution in [0.3, 0.4) is 0 Å². The summed E-state index contributed by atoms with van der Waals surface area (Å²) in [5, 5.41) is 20.3. The highest BCUT2D eigenvalue weighted by molar-refractivity contribution is 6.30. The van der Waals surface area contributed by atoms with Crippen molar-refractivity contribution in [2.75, 3.05) is 6.61 Å². The molecule has 0 spiro atoms. The van der Waals surface area contributed by atoms with Gasteiger partial charge in [0.25, 0.3) is 0 Å². The van der Waals surface area contributed by atoms with E-state index in [0.717, 1.165) is 0 Å². The van der Waals surface area contributed by atoms with Crippen LogP contribution in [0, 0.1) is 5.82 Å². The molecule has 0 bridgehead atoms. The molecule has 6 nitrogen and oxygen atoms in total. The number of rotatable bonds is 9. The standard InChI is InChI=1S/C25H27ClFNO5/c1-4-7-16(13-29)28-19(12-15-8-5-10-18(26)22(15)27)21(25(31)32)24(30)17-9-6-11-20(23(17)28)33-14(2)3/h5-6,8-11,14,16,29H,4,7,12-13H2,1-3H3,(H,31,32). The van der Waals surface area contributed by atoms with E-state index in [-0.39, 0.29) is 40.8 Å². The predicted octanol–water partition coefficient (Wildman–Crippen LogP) is 5.20. The fourth-order valence-corrected chi connectivity index (χ4v) is 4.32. The molecule has 3 rings (SSSR count). The van der Waals surface area contributed by atoms with Crippen molar-refractivity contribution in [3.63, 3.8) is 0 Å². The first-order chi connectivity index (χ1) is 15.7. The van der Waals surface area contributed by atoms with Gasteiger partial charge in [0.05, 0.1) is 34.7 Å². The first-order valence-corrected chi connectivity index (χ1v) is 11.2. The van der Waals surface area contributed by atoms with Crippen molar-refractivity contribution in [2.45, 2.75) is 52.2 Å². The molecular formula is C25H27ClFNO5. The molecule has 0 aliphatic heterocycles. The zero-order chi connectivity index (χ0) is 24.3. The average Bonchev–Trinajstić information content (AvgIpc) is 2.76. The summed E-state index contributed by atoms with van der Waals surface area (Å²) in [6.07, 6.45) is 0.787. The number of pyridine rings is 1. The second-order valence-corrected chi connectivity index (χ2v) is 8.57. The Kier molecular flexibility index (Phi) is 7.76. The number of carbonyl (C=O) groups is 1. The molecule has 0 fully saturated rings. The number of aromatic carboxylic acids is 1. The van der Waals surface area contributed by atoms with Crippen LogP contribution in [0.2, 0.25) is 5.02 Å². The summed E-state index contributed by atoms with van der Waals surface area (Å²) in [7, 11) is 0. The van der Waals surface area contributed by atoms with Gasteiger partial charge in [-0.3, -0.25) is 4.79 Å². The van der Waals surface area contributed by atoms with Gasteiger partial charge in [-0.25, -0.2) is 9.18 Å². The van der Waals surface area contributed by atoms with Crippen molar-refractivity contribution in [1.82, 2.24) is 4.57 Å². The van der Waals surface area contributed by atoms with Crippen LogP contribution in [-0.2, 0) is 6.42 Å². The van der Waals surface area contributed by atoms with Gasteiger partial charge in [-0.2, -0.15) is 0 Å². The zero-order valence-electron chi connectivity index (χ0n) is 18.8. The van der Waals surface area contributed by atoms with Crippen LogP contribution in [0.15, 0.2) is 41.2 Å². The van der Waals surface area contributed by atoms with Gasteiger partial charge in [0.1, 0.15) is 17.1 Å². The Morgan fingerprint density at radius 2 is 1.91 bits per heavy atom. The van der Waals surface area contributed by atoms with Gasteiger partial charge in [-0.1, -0.05) is 43.1 Å². The second-order valence-electron chi connectivity index (χ2n) is 8.16. The SMILES string of the molecule is CCCC(CO)n1c(Cc2cccc(Cl)c2F)c(C(=O)O)c(=O)c2cccc(OC(C)C)c21. The van der Waals surface area contributed by atoms with Crippen molar-refractivity contribution >= 4 is 28.5 Å². The molecule has 0 saturated carbocycles. The van der Waals surface area contributed by atoms with Crippen LogP contribution >= 0.6 is 11.6 Å². The molecule has 2 aromatic carbocycles. The number of hydrogen-bond acceptors (Lipinski definition) is 4. The largest absolute Gasteiger partial charge is 0.489 e. The number of carboxylic acids is 1. The second kappa shape index (κ2) is 10.4. The maximum absolute atomic E-state index is 14.8. The smallest absolute Gasteiger partial charge is 0.341 e. The van der Waals surface area contributed by atoms with E-state index < -0.39 is 28.8 Å². The zero-order valence-corrected chi connectivity index (χ0v) is 19.5. The van der Waals surface area contributed by atoms with Crippen LogP contribution in [0.1, 0.15) is 61.3 Å². The van der Waals surface area contributed by atoms with Crippen molar-refractivity contribution < 1.29 is 24.1 Å². The molecule has 1 heterocycles. The molecule has 176 valence electrons. The highest BCUT2D eigenvalue weighted by Crippen LogP contribution is 2.33. The Labute approximate surface area is 196 Å². The minimum Gasteiger partial charge on any atom is -0.489 e. The van der Waals surface area contributed by atoms with E-state index in [0.29, 0.717) is 24.1 Å². The lowest BCUT2D eigenvalue weighted by Gasteiger charge is -2.27. The third-order valence-electron chi connectivity index (χ3n) is 5.45. The first-order valence-electron chi connectivity index (χ1n) is 10.8. The number of fused-ring (bicyclic) bond motifs is 1. The molecule has 0 saturated heterocycles. The number of halogens is 2. The van der Waals surface area contributed by atoms with E-state index >= 15 is 0 Å². The molecule has 1 atom stereocenters. The summed E-state index contributed by atoms with van der Waals surface area (Å²) >= 11 is 5.95. The van der Waals surface area contributed by atoms with Crippen molar-refractivity contribution in [3.8, 4) is 5.75 Å². The van der Waals surface area contributed by atoms with E-state index in [1.807, 2.05) is 20.8 Å². The Hall–Kier alpha value is -2.90. The molecule has 1 aromatic heterocycles. The van der Waals surface area contributed by atoms with E-state index in [1.165, 1.54) is 18.2 Å². The number of aromatic nitrogens is 1. The molecule has 0 aliphatic rings. The van der Waals surface area contributed by atoms with E-state index in [1.54, 1.807) is 22.8 Å². The molecular weight excluding hydrogens is 449 g/mol. The van der Waals surface area contributed by atoms with Gasteiger partial charge >= 0.3 is 5.97 Å². The quantitative estimate of drug-likeness (QED) is 0.444.